The lowest BCUT2D eigenvalue weighted by atomic mass is 9.48. The normalized spacial score (nSPS) is 26.2. The molecule has 0 saturated heterocycles. The van der Waals surface area contributed by atoms with Crippen molar-refractivity contribution in [1.29, 1.82) is 0 Å². The van der Waals surface area contributed by atoms with Crippen molar-refractivity contribution >= 4 is 12.1 Å². The molecule has 1 amide bonds. The van der Waals surface area contributed by atoms with Crippen LogP contribution in [0.1, 0.15) is 76.0 Å². The number of carboxylic acids is 1. The fraction of sp³-hybridized carbons (Fsp3) is 0.562. The Hall–Kier alpha value is -3.06. The first-order chi connectivity index (χ1) is 18.6. The van der Waals surface area contributed by atoms with Crippen LogP contribution in [0.2, 0.25) is 0 Å². The van der Waals surface area contributed by atoms with E-state index in [4.69, 9.17) is 14.2 Å². The van der Waals surface area contributed by atoms with Crippen LogP contribution in [-0.4, -0.2) is 35.4 Å². The third-order valence-corrected chi connectivity index (χ3v) is 8.45. The molecule has 0 aliphatic heterocycles. The maximum Gasteiger partial charge on any atom is 0.408 e. The number of benzene rings is 2. The van der Waals surface area contributed by atoms with Gasteiger partial charge in [-0.15, -0.1) is 0 Å². The zero-order valence-electron chi connectivity index (χ0n) is 23.3. The molecule has 0 aromatic heterocycles. The molecule has 6 rings (SSSR count). The largest absolute Gasteiger partial charge is 0.489 e. The summed E-state index contributed by atoms with van der Waals surface area (Å²) in [6.45, 7) is 5.71. The first kappa shape index (κ1) is 27.5. The summed E-state index contributed by atoms with van der Waals surface area (Å²) in [5, 5.41) is 11.7. The van der Waals surface area contributed by atoms with Crippen molar-refractivity contribution in [3.8, 4) is 5.75 Å². The van der Waals surface area contributed by atoms with Crippen LogP contribution in [0.5, 0.6) is 5.75 Å². The number of hydrogen-bond donors (Lipinski definition) is 2. The molecule has 2 aromatic carbocycles. The lowest BCUT2D eigenvalue weighted by Crippen LogP contribution is -2.48. The van der Waals surface area contributed by atoms with E-state index in [0.29, 0.717) is 12.0 Å². The van der Waals surface area contributed by atoms with Gasteiger partial charge < -0.3 is 24.6 Å². The zero-order valence-corrected chi connectivity index (χ0v) is 23.3. The van der Waals surface area contributed by atoms with Crippen LogP contribution in [0.3, 0.4) is 0 Å². The second-order valence-corrected chi connectivity index (χ2v) is 12.9. The fourth-order valence-corrected chi connectivity index (χ4v) is 7.22. The summed E-state index contributed by atoms with van der Waals surface area (Å²) in [7, 11) is 0. The first-order valence-corrected chi connectivity index (χ1v) is 14.2. The van der Waals surface area contributed by atoms with Gasteiger partial charge in [-0.1, -0.05) is 36.4 Å². The van der Waals surface area contributed by atoms with E-state index >= 15 is 0 Å². The third-order valence-electron chi connectivity index (χ3n) is 8.45. The molecule has 7 nitrogen and oxygen atoms in total. The smallest absolute Gasteiger partial charge is 0.408 e. The summed E-state index contributed by atoms with van der Waals surface area (Å²) in [5.41, 5.74) is 3.26. The van der Waals surface area contributed by atoms with Gasteiger partial charge in [0, 0.05) is 0 Å². The second kappa shape index (κ2) is 11.2. The summed E-state index contributed by atoms with van der Waals surface area (Å²) in [6.07, 6.45) is 7.64. The van der Waals surface area contributed by atoms with E-state index in [0.717, 1.165) is 29.1 Å². The average molecular weight is 536 g/mol. The number of nitrogens with one attached hydrogen (secondary N) is 1. The Morgan fingerprint density at radius 2 is 1.59 bits per heavy atom. The molecule has 4 aliphatic rings. The Labute approximate surface area is 231 Å². The van der Waals surface area contributed by atoms with Crippen molar-refractivity contribution in [2.45, 2.75) is 89.6 Å². The quantitative estimate of drug-likeness (QED) is 0.375. The molecule has 4 fully saturated rings. The van der Waals surface area contributed by atoms with Crippen molar-refractivity contribution in [3.05, 3.63) is 65.2 Å². The van der Waals surface area contributed by atoms with E-state index in [1.54, 1.807) is 20.8 Å². The highest BCUT2D eigenvalue weighted by Crippen LogP contribution is 2.60. The average Bonchev–Trinajstić information content (AvgIpc) is 2.86. The van der Waals surface area contributed by atoms with Crippen LogP contribution in [0, 0.1) is 17.8 Å². The zero-order chi connectivity index (χ0) is 27.6. The summed E-state index contributed by atoms with van der Waals surface area (Å²) in [5.74, 6) is 2.37. The van der Waals surface area contributed by atoms with Crippen molar-refractivity contribution in [2.75, 3.05) is 6.61 Å². The van der Waals surface area contributed by atoms with E-state index in [1.807, 2.05) is 24.3 Å². The molecule has 39 heavy (non-hydrogen) atoms. The predicted octanol–water partition coefficient (Wildman–Crippen LogP) is 6.23. The van der Waals surface area contributed by atoms with Gasteiger partial charge in [-0.3, -0.25) is 0 Å². The second-order valence-electron chi connectivity index (χ2n) is 12.9. The molecular formula is C32H41NO6. The molecule has 4 aliphatic carbocycles. The van der Waals surface area contributed by atoms with Crippen molar-refractivity contribution in [1.82, 2.24) is 5.32 Å². The van der Waals surface area contributed by atoms with Gasteiger partial charge in [0.25, 0.3) is 0 Å². The summed E-state index contributed by atoms with van der Waals surface area (Å²) in [4.78, 5) is 23.4. The summed E-state index contributed by atoms with van der Waals surface area (Å²) in [6, 6.07) is 15.5. The highest BCUT2D eigenvalue weighted by Gasteiger charge is 2.51. The minimum absolute atomic E-state index is 0.174. The minimum atomic E-state index is -1.20. The van der Waals surface area contributed by atoms with E-state index in [9.17, 15) is 14.7 Å². The molecule has 7 heteroatoms. The summed E-state index contributed by atoms with van der Waals surface area (Å²) < 4.78 is 16.8. The maximum absolute atomic E-state index is 11.9. The number of ether oxygens (including phenoxy) is 3. The predicted molar refractivity (Wildman–Crippen MR) is 148 cm³/mol. The number of carbonyl (C=O) groups excluding carboxylic acids is 1. The van der Waals surface area contributed by atoms with Crippen LogP contribution in [0.15, 0.2) is 48.5 Å². The van der Waals surface area contributed by atoms with Crippen molar-refractivity contribution < 1.29 is 28.9 Å². The molecular weight excluding hydrogens is 494 g/mol. The Morgan fingerprint density at radius 1 is 0.949 bits per heavy atom. The van der Waals surface area contributed by atoms with Gasteiger partial charge in [-0.25, -0.2) is 9.59 Å². The Balaban J connectivity index is 1.10. The number of carbonyl (C=O) groups is 2. The lowest BCUT2D eigenvalue weighted by molar-refractivity contribution is -0.141. The van der Waals surface area contributed by atoms with Gasteiger partial charge in [-0.05, 0) is 111 Å². The van der Waals surface area contributed by atoms with E-state index in [1.165, 1.54) is 49.7 Å². The Kier molecular flexibility index (Phi) is 7.90. The number of carboxylic acid groups (broad SMARTS) is 1. The number of aliphatic carboxylic acids is 1. The molecule has 0 heterocycles. The highest BCUT2D eigenvalue weighted by atomic mass is 16.6. The maximum atomic E-state index is 11.9. The molecule has 4 bridgehead atoms. The number of hydrogen-bond acceptors (Lipinski definition) is 5. The van der Waals surface area contributed by atoms with Gasteiger partial charge in [0.2, 0.25) is 0 Å². The number of amides is 1. The molecule has 0 radical (unpaired) electrons. The van der Waals surface area contributed by atoms with E-state index in [2.05, 4.69) is 29.6 Å². The summed E-state index contributed by atoms with van der Waals surface area (Å²) >= 11 is 0. The topological polar surface area (TPSA) is 94.1 Å². The lowest BCUT2D eigenvalue weighted by Gasteiger charge is -2.57. The SMILES string of the molecule is CC(C)(C)OC(=O)NC(COCc1ccc(OCc2cccc(C34CC5CC(CC(C5)C3)C4)c2)cc1)C(=O)O. The van der Waals surface area contributed by atoms with Crippen molar-refractivity contribution in [2.24, 2.45) is 17.8 Å². The molecule has 210 valence electrons. The standard InChI is InChI=1S/C32H41NO6/c1-31(2,3)39-30(36)33-28(29(34)35)20-37-18-21-7-9-27(10-8-21)38-19-22-5-4-6-26(14-22)32-15-23-11-24(16-32)13-25(12-23)17-32/h4-10,14,23-25,28H,11-13,15-20H2,1-3H3,(H,33,36)(H,34,35). The fourth-order valence-electron chi connectivity index (χ4n) is 7.22. The molecule has 1 unspecified atom stereocenters. The van der Waals surface area contributed by atoms with Gasteiger partial charge in [0.15, 0.2) is 6.04 Å². The number of alkyl carbamates (subject to hydrolysis) is 1. The highest BCUT2D eigenvalue weighted by molar-refractivity contribution is 5.80. The Morgan fingerprint density at radius 3 is 2.18 bits per heavy atom. The molecule has 4 saturated carbocycles. The monoisotopic (exact) mass is 535 g/mol. The van der Waals surface area contributed by atoms with Crippen LogP contribution in [-0.2, 0) is 32.9 Å². The van der Waals surface area contributed by atoms with Gasteiger partial charge >= 0.3 is 12.1 Å². The third kappa shape index (κ3) is 6.93. The van der Waals surface area contributed by atoms with Crippen LogP contribution in [0.4, 0.5) is 4.79 Å². The van der Waals surface area contributed by atoms with E-state index in [-0.39, 0.29) is 13.2 Å². The molecule has 2 aromatic rings. The molecule has 1 atom stereocenters. The molecule has 2 N–H and O–H groups in total. The van der Waals surface area contributed by atoms with E-state index < -0.39 is 23.7 Å². The number of rotatable bonds is 10. The molecule has 0 spiro atoms. The van der Waals surface area contributed by atoms with Crippen LogP contribution < -0.4 is 10.1 Å². The van der Waals surface area contributed by atoms with Gasteiger partial charge in [0.1, 0.15) is 18.0 Å². The van der Waals surface area contributed by atoms with Crippen LogP contribution in [0.25, 0.3) is 0 Å². The van der Waals surface area contributed by atoms with Gasteiger partial charge in [0.05, 0.1) is 13.2 Å². The van der Waals surface area contributed by atoms with Gasteiger partial charge in [-0.2, -0.15) is 0 Å². The first-order valence-electron chi connectivity index (χ1n) is 14.2. The van der Waals surface area contributed by atoms with Crippen LogP contribution >= 0.6 is 0 Å². The Bertz CT molecular complexity index is 1130. The minimum Gasteiger partial charge on any atom is -0.489 e. The van der Waals surface area contributed by atoms with Crippen molar-refractivity contribution in [3.63, 3.8) is 0 Å².